The monoisotopic (exact) mass is 301 g/mol. The highest BCUT2D eigenvalue weighted by molar-refractivity contribution is 9.10. The normalized spacial score (nSPS) is 32.3. The van der Waals surface area contributed by atoms with Gasteiger partial charge in [0.25, 0.3) is 0 Å². The molecule has 86 valence electrons. The molecule has 1 aromatic rings. The van der Waals surface area contributed by atoms with Gasteiger partial charge in [-0.3, -0.25) is 0 Å². The smallest absolute Gasteiger partial charge is 0.0863 e. The van der Waals surface area contributed by atoms with Crippen LogP contribution in [0.3, 0.4) is 0 Å². The van der Waals surface area contributed by atoms with Crippen LogP contribution in [-0.2, 0) is 11.3 Å². The third-order valence-electron chi connectivity index (χ3n) is 3.72. The predicted octanol–water partition coefficient (Wildman–Crippen LogP) is 3.08. The fourth-order valence-corrected chi connectivity index (χ4v) is 3.31. The highest BCUT2D eigenvalue weighted by Gasteiger charge is 2.44. The van der Waals surface area contributed by atoms with Crippen molar-refractivity contribution in [2.24, 2.45) is 0 Å². The molecule has 1 aromatic carbocycles. The van der Waals surface area contributed by atoms with Gasteiger partial charge in [0.05, 0.1) is 17.2 Å². The van der Waals surface area contributed by atoms with Crippen molar-refractivity contribution in [3.63, 3.8) is 0 Å². The van der Waals surface area contributed by atoms with Gasteiger partial charge in [-0.2, -0.15) is 0 Å². The SMILES string of the molecule is C[C@]12CNC[C@@H]1c1ccc(Br)c(Cl)c1CO2. The zero-order valence-corrected chi connectivity index (χ0v) is 11.4. The molecule has 0 saturated carbocycles. The van der Waals surface area contributed by atoms with Gasteiger partial charge in [0, 0.05) is 29.0 Å². The minimum Gasteiger partial charge on any atom is -0.369 e. The van der Waals surface area contributed by atoms with E-state index >= 15 is 0 Å². The van der Waals surface area contributed by atoms with Crippen molar-refractivity contribution in [3.8, 4) is 0 Å². The highest BCUT2D eigenvalue weighted by atomic mass is 79.9. The van der Waals surface area contributed by atoms with E-state index in [1.54, 1.807) is 0 Å². The maximum atomic E-state index is 6.30. The number of halogens is 2. The van der Waals surface area contributed by atoms with E-state index in [2.05, 4.69) is 34.2 Å². The molecule has 0 spiro atoms. The van der Waals surface area contributed by atoms with E-state index in [1.807, 2.05) is 6.07 Å². The Hall–Kier alpha value is -0.0900. The molecule has 2 aliphatic heterocycles. The van der Waals surface area contributed by atoms with Gasteiger partial charge in [-0.1, -0.05) is 17.7 Å². The zero-order valence-electron chi connectivity index (χ0n) is 9.02. The van der Waals surface area contributed by atoms with Crippen molar-refractivity contribution in [2.45, 2.75) is 25.0 Å². The quantitative estimate of drug-likeness (QED) is 0.795. The lowest BCUT2D eigenvalue weighted by atomic mass is 9.81. The van der Waals surface area contributed by atoms with Crippen molar-refractivity contribution in [1.29, 1.82) is 0 Å². The standard InChI is InChI=1S/C12H13BrClNO/c1-12-6-15-4-9(12)7-2-3-10(13)11(14)8(7)5-16-12/h2-3,9,15H,4-6H2,1H3/t9-,12+/m1/s1. The first kappa shape index (κ1) is 11.0. The van der Waals surface area contributed by atoms with E-state index in [0.29, 0.717) is 12.5 Å². The summed E-state index contributed by atoms with van der Waals surface area (Å²) < 4.78 is 6.93. The molecule has 2 atom stereocenters. The van der Waals surface area contributed by atoms with Crippen LogP contribution in [0.2, 0.25) is 5.02 Å². The molecule has 0 bridgehead atoms. The van der Waals surface area contributed by atoms with Crippen LogP contribution in [0, 0.1) is 0 Å². The van der Waals surface area contributed by atoms with Crippen LogP contribution in [-0.4, -0.2) is 18.7 Å². The molecule has 16 heavy (non-hydrogen) atoms. The van der Waals surface area contributed by atoms with E-state index < -0.39 is 0 Å². The van der Waals surface area contributed by atoms with Gasteiger partial charge < -0.3 is 10.1 Å². The predicted molar refractivity (Wildman–Crippen MR) is 68.0 cm³/mol. The van der Waals surface area contributed by atoms with Gasteiger partial charge in [-0.05, 0) is 34.5 Å². The molecule has 0 amide bonds. The molecule has 2 aliphatic rings. The molecule has 2 nitrogen and oxygen atoms in total. The summed E-state index contributed by atoms with van der Waals surface area (Å²) in [7, 11) is 0. The topological polar surface area (TPSA) is 21.3 Å². The van der Waals surface area contributed by atoms with Crippen molar-refractivity contribution in [2.75, 3.05) is 13.1 Å². The van der Waals surface area contributed by atoms with Gasteiger partial charge in [0.15, 0.2) is 0 Å². The van der Waals surface area contributed by atoms with E-state index in [4.69, 9.17) is 16.3 Å². The van der Waals surface area contributed by atoms with Crippen molar-refractivity contribution < 1.29 is 4.74 Å². The Morgan fingerprint density at radius 1 is 1.56 bits per heavy atom. The fourth-order valence-electron chi connectivity index (χ4n) is 2.71. The Bertz CT molecular complexity index is 451. The van der Waals surface area contributed by atoms with E-state index in [0.717, 1.165) is 28.1 Å². The molecule has 0 aromatic heterocycles. The molecule has 1 saturated heterocycles. The maximum Gasteiger partial charge on any atom is 0.0863 e. The first-order valence-electron chi connectivity index (χ1n) is 5.43. The van der Waals surface area contributed by atoms with Crippen LogP contribution >= 0.6 is 27.5 Å². The lowest BCUT2D eigenvalue weighted by Crippen LogP contribution is -2.39. The zero-order chi connectivity index (χ0) is 11.3. The number of hydrogen-bond donors (Lipinski definition) is 1. The molecular formula is C12H13BrClNO. The van der Waals surface area contributed by atoms with E-state index in [-0.39, 0.29) is 5.60 Å². The van der Waals surface area contributed by atoms with Gasteiger partial charge in [0.2, 0.25) is 0 Å². The molecule has 2 heterocycles. The highest BCUT2D eigenvalue weighted by Crippen LogP contribution is 2.44. The van der Waals surface area contributed by atoms with Crippen LogP contribution < -0.4 is 5.32 Å². The van der Waals surface area contributed by atoms with E-state index in [9.17, 15) is 0 Å². The second-order valence-corrected chi connectivity index (χ2v) is 5.95. The Balaban J connectivity index is 2.14. The fraction of sp³-hybridized carbons (Fsp3) is 0.500. The number of ether oxygens (including phenoxy) is 1. The van der Waals surface area contributed by atoms with Gasteiger partial charge in [0.1, 0.15) is 0 Å². The summed E-state index contributed by atoms with van der Waals surface area (Å²) in [5.41, 5.74) is 2.42. The number of benzene rings is 1. The van der Waals surface area contributed by atoms with Gasteiger partial charge >= 0.3 is 0 Å². The summed E-state index contributed by atoms with van der Waals surface area (Å²) in [5.74, 6) is 0.418. The molecule has 0 radical (unpaired) electrons. The van der Waals surface area contributed by atoms with Crippen molar-refractivity contribution in [1.82, 2.24) is 5.32 Å². The lowest BCUT2D eigenvalue weighted by Gasteiger charge is -2.37. The van der Waals surface area contributed by atoms with Gasteiger partial charge in [-0.15, -0.1) is 0 Å². The Morgan fingerprint density at radius 2 is 2.38 bits per heavy atom. The lowest BCUT2D eigenvalue weighted by molar-refractivity contribution is -0.0517. The Kier molecular flexibility index (Phi) is 2.55. The summed E-state index contributed by atoms with van der Waals surface area (Å²) >= 11 is 9.76. The van der Waals surface area contributed by atoms with E-state index in [1.165, 1.54) is 5.56 Å². The number of hydrogen-bond acceptors (Lipinski definition) is 2. The molecule has 0 aliphatic carbocycles. The molecule has 1 fully saturated rings. The van der Waals surface area contributed by atoms with Crippen LogP contribution in [0.1, 0.15) is 24.0 Å². The summed E-state index contributed by atoms with van der Waals surface area (Å²) in [6.45, 7) is 4.69. The average molecular weight is 303 g/mol. The first-order valence-corrected chi connectivity index (χ1v) is 6.60. The summed E-state index contributed by atoms with van der Waals surface area (Å²) in [5, 5.41) is 4.20. The minimum atomic E-state index is -0.0653. The number of fused-ring (bicyclic) bond motifs is 3. The first-order chi connectivity index (χ1) is 7.62. The number of nitrogens with one attached hydrogen (secondary N) is 1. The maximum absolute atomic E-state index is 6.30. The van der Waals surface area contributed by atoms with Gasteiger partial charge in [-0.25, -0.2) is 0 Å². The third-order valence-corrected chi connectivity index (χ3v) is 5.04. The van der Waals surface area contributed by atoms with Crippen LogP contribution in [0.5, 0.6) is 0 Å². The largest absolute Gasteiger partial charge is 0.369 e. The molecule has 1 N–H and O–H groups in total. The molecule has 4 heteroatoms. The second-order valence-electron chi connectivity index (χ2n) is 4.71. The molecule has 0 unspecified atom stereocenters. The molecule has 3 rings (SSSR count). The second kappa shape index (κ2) is 3.70. The average Bonchev–Trinajstić information content (AvgIpc) is 2.65. The third kappa shape index (κ3) is 1.46. The minimum absolute atomic E-state index is 0.0653. The van der Waals surface area contributed by atoms with Crippen LogP contribution in [0.15, 0.2) is 16.6 Å². The Morgan fingerprint density at radius 3 is 3.19 bits per heavy atom. The number of rotatable bonds is 0. The van der Waals surface area contributed by atoms with Crippen molar-refractivity contribution in [3.05, 3.63) is 32.8 Å². The summed E-state index contributed by atoms with van der Waals surface area (Å²) in [6.07, 6.45) is 0. The summed E-state index contributed by atoms with van der Waals surface area (Å²) in [4.78, 5) is 0. The van der Waals surface area contributed by atoms with Crippen LogP contribution in [0.25, 0.3) is 0 Å². The van der Waals surface area contributed by atoms with Crippen LogP contribution in [0.4, 0.5) is 0 Å². The summed E-state index contributed by atoms with van der Waals surface area (Å²) in [6, 6.07) is 4.20. The molecular weight excluding hydrogens is 289 g/mol. The Labute approximate surface area is 108 Å². The van der Waals surface area contributed by atoms with Crippen molar-refractivity contribution >= 4 is 27.5 Å².